The second-order valence-electron chi connectivity index (χ2n) is 4.21. The van der Waals surface area contributed by atoms with Crippen molar-refractivity contribution in [2.75, 3.05) is 0 Å². The Labute approximate surface area is 102 Å². The van der Waals surface area contributed by atoms with E-state index in [0.717, 1.165) is 24.7 Å². The van der Waals surface area contributed by atoms with Gasteiger partial charge in [0.1, 0.15) is 12.0 Å². The van der Waals surface area contributed by atoms with Crippen LogP contribution in [0, 0.1) is 6.92 Å². The molecule has 1 aromatic rings. The third-order valence-electron chi connectivity index (χ3n) is 2.58. The molecule has 1 aliphatic carbocycles. The van der Waals surface area contributed by atoms with Crippen LogP contribution in [-0.2, 0) is 4.79 Å². The zero-order valence-electron chi connectivity index (χ0n) is 10.3. The fourth-order valence-electron chi connectivity index (χ4n) is 1.40. The van der Waals surface area contributed by atoms with Crippen LogP contribution in [0.25, 0.3) is 0 Å². The predicted molar refractivity (Wildman–Crippen MR) is 70.0 cm³/mol. The normalized spacial score (nSPS) is 14.0. The van der Waals surface area contributed by atoms with Gasteiger partial charge in [0.2, 0.25) is 0 Å². The number of hydrogen-bond donors (Lipinski definition) is 1. The van der Waals surface area contributed by atoms with E-state index in [9.17, 15) is 4.79 Å². The summed E-state index contributed by atoms with van der Waals surface area (Å²) in [6.45, 7) is 4.07. The van der Waals surface area contributed by atoms with Crippen molar-refractivity contribution in [2.24, 2.45) is 0 Å². The topological polar surface area (TPSA) is 37.3 Å². The minimum Gasteiger partial charge on any atom is -0.508 e. The van der Waals surface area contributed by atoms with Crippen molar-refractivity contribution < 1.29 is 9.90 Å². The molecule has 0 atom stereocenters. The third-order valence-corrected chi connectivity index (χ3v) is 2.58. The minimum absolute atomic E-state index is 0.329. The average Bonchev–Trinajstić information content (AvgIpc) is 2.35. The number of hydrogen-bond acceptors (Lipinski definition) is 2. The van der Waals surface area contributed by atoms with E-state index in [1.807, 2.05) is 31.2 Å². The second kappa shape index (κ2) is 6.69. The van der Waals surface area contributed by atoms with Gasteiger partial charge < -0.3 is 5.11 Å². The summed E-state index contributed by atoms with van der Waals surface area (Å²) in [5.74, 6) is 0.329. The molecule has 1 N–H and O–H groups in total. The number of phenolic OH excluding ortho intramolecular Hbond substituents is 1. The largest absolute Gasteiger partial charge is 0.508 e. The molecular formula is C15H18O2. The van der Waals surface area contributed by atoms with E-state index in [4.69, 9.17) is 5.11 Å². The molecule has 2 nitrogen and oxygen atoms in total. The number of rotatable bonds is 1. The quantitative estimate of drug-likeness (QED) is 0.749. The lowest BCUT2D eigenvalue weighted by Crippen LogP contribution is -1.90. The Morgan fingerprint density at radius 2 is 1.71 bits per heavy atom. The Hall–Kier alpha value is -1.83. The molecule has 1 aromatic carbocycles. The Bertz CT molecular complexity index is 404. The highest BCUT2D eigenvalue weighted by atomic mass is 16.3. The van der Waals surface area contributed by atoms with E-state index in [-0.39, 0.29) is 0 Å². The van der Waals surface area contributed by atoms with Crippen LogP contribution >= 0.6 is 0 Å². The second-order valence-corrected chi connectivity index (χ2v) is 4.21. The maximum Gasteiger partial charge on any atom is 0.146 e. The van der Waals surface area contributed by atoms with Gasteiger partial charge >= 0.3 is 0 Å². The van der Waals surface area contributed by atoms with Gasteiger partial charge in [-0.3, -0.25) is 4.79 Å². The van der Waals surface area contributed by atoms with Crippen LogP contribution in [0.2, 0.25) is 0 Å². The summed E-state index contributed by atoms with van der Waals surface area (Å²) in [7, 11) is 0. The number of allylic oxidation sites excluding steroid dienone is 4. The third kappa shape index (κ3) is 5.16. The first-order chi connectivity index (χ1) is 8.11. The van der Waals surface area contributed by atoms with Crippen molar-refractivity contribution in [2.45, 2.75) is 26.7 Å². The Kier molecular flexibility index (Phi) is 5.21. The van der Waals surface area contributed by atoms with Gasteiger partial charge in [0.15, 0.2) is 0 Å². The Morgan fingerprint density at radius 1 is 1.06 bits per heavy atom. The standard InChI is InChI=1S/C8H10O.C7H8O/c1-7-2-4-8(6-9)5-3-7;1-6-2-4-7(8)5-3-6/h2,4,6H,3,5H2,1H3;2-5,8H,1H3. The van der Waals surface area contributed by atoms with Gasteiger partial charge in [-0.15, -0.1) is 0 Å². The predicted octanol–water partition coefficient (Wildman–Crippen LogP) is 3.55. The van der Waals surface area contributed by atoms with Crippen molar-refractivity contribution in [3.8, 4) is 5.75 Å². The van der Waals surface area contributed by atoms with Crippen LogP contribution in [0.3, 0.4) is 0 Å². The summed E-state index contributed by atoms with van der Waals surface area (Å²) in [4.78, 5) is 10.2. The van der Waals surface area contributed by atoms with Crippen molar-refractivity contribution in [3.63, 3.8) is 0 Å². The monoisotopic (exact) mass is 230 g/mol. The molecule has 0 heterocycles. The number of aldehydes is 1. The summed E-state index contributed by atoms with van der Waals surface area (Å²) >= 11 is 0. The number of phenols is 1. The average molecular weight is 230 g/mol. The van der Waals surface area contributed by atoms with Gasteiger partial charge in [-0.05, 0) is 44.4 Å². The highest BCUT2D eigenvalue weighted by Gasteiger charge is 1.99. The van der Waals surface area contributed by atoms with Crippen LogP contribution < -0.4 is 0 Å². The molecule has 0 spiro atoms. The lowest BCUT2D eigenvalue weighted by Gasteiger charge is -2.04. The van der Waals surface area contributed by atoms with Crippen molar-refractivity contribution in [1.82, 2.24) is 0 Å². The van der Waals surface area contributed by atoms with Crippen LogP contribution in [0.4, 0.5) is 0 Å². The molecule has 0 amide bonds. The Balaban J connectivity index is 0.000000171. The maximum atomic E-state index is 10.2. The molecule has 0 aromatic heterocycles. The minimum atomic E-state index is 0.329. The van der Waals surface area contributed by atoms with Gasteiger partial charge in [-0.25, -0.2) is 0 Å². The van der Waals surface area contributed by atoms with Gasteiger partial charge in [-0.2, -0.15) is 0 Å². The highest BCUT2D eigenvalue weighted by molar-refractivity contribution is 5.74. The maximum absolute atomic E-state index is 10.2. The molecule has 17 heavy (non-hydrogen) atoms. The zero-order valence-corrected chi connectivity index (χ0v) is 10.3. The van der Waals surface area contributed by atoms with Crippen LogP contribution in [0.15, 0.2) is 47.6 Å². The lowest BCUT2D eigenvalue weighted by molar-refractivity contribution is -0.105. The fourth-order valence-corrected chi connectivity index (χ4v) is 1.40. The number of benzene rings is 1. The highest BCUT2D eigenvalue weighted by Crippen LogP contribution is 2.15. The molecule has 0 bridgehead atoms. The van der Waals surface area contributed by atoms with E-state index in [2.05, 4.69) is 6.92 Å². The first-order valence-electron chi connectivity index (χ1n) is 5.69. The smallest absolute Gasteiger partial charge is 0.146 e. The molecule has 1 aliphatic rings. The van der Waals surface area contributed by atoms with Crippen molar-refractivity contribution in [3.05, 3.63) is 53.1 Å². The number of aryl methyl sites for hydroxylation is 1. The summed E-state index contributed by atoms with van der Waals surface area (Å²) < 4.78 is 0. The van der Waals surface area contributed by atoms with E-state index >= 15 is 0 Å². The van der Waals surface area contributed by atoms with E-state index < -0.39 is 0 Å². The van der Waals surface area contributed by atoms with E-state index in [0.29, 0.717) is 5.75 Å². The van der Waals surface area contributed by atoms with Crippen LogP contribution in [0.5, 0.6) is 5.75 Å². The van der Waals surface area contributed by atoms with Gasteiger partial charge in [-0.1, -0.05) is 35.4 Å². The van der Waals surface area contributed by atoms with Gasteiger partial charge in [0.25, 0.3) is 0 Å². The zero-order chi connectivity index (χ0) is 12.7. The molecule has 0 saturated carbocycles. The molecular weight excluding hydrogens is 212 g/mol. The van der Waals surface area contributed by atoms with Crippen molar-refractivity contribution in [1.29, 1.82) is 0 Å². The summed E-state index contributed by atoms with van der Waals surface area (Å²) in [5.41, 5.74) is 3.45. The summed E-state index contributed by atoms with van der Waals surface area (Å²) in [6, 6.07) is 7.09. The first kappa shape index (κ1) is 13.2. The molecule has 0 radical (unpaired) electrons. The summed E-state index contributed by atoms with van der Waals surface area (Å²) in [5, 5.41) is 8.76. The van der Waals surface area contributed by atoms with E-state index in [1.165, 1.54) is 11.1 Å². The number of carbonyl (C=O) groups excluding carboxylic acids is 1. The van der Waals surface area contributed by atoms with Crippen LogP contribution in [-0.4, -0.2) is 11.4 Å². The molecule has 0 saturated heterocycles. The van der Waals surface area contributed by atoms with Gasteiger partial charge in [0.05, 0.1) is 0 Å². The molecule has 2 rings (SSSR count). The first-order valence-corrected chi connectivity index (χ1v) is 5.69. The Morgan fingerprint density at radius 3 is 2.12 bits per heavy atom. The summed E-state index contributed by atoms with van der Waals surface area (Å²) in [6.07, 6.45) is 6.80. The van der Waals surface area contributed by atoms with E-state index in [1.54, 1.807) is 12.1 Å². The van der Waals surface area contributed by atoms with Gasteiger partial charge in [0, 0.05) is 0 Å². The molecule has 2 heteroatoms. The van der Waals surface area contributed by atoms with Crippen molar-refractivity contribution >= 4 is 6.29 Å². The SMILES string of the molecule is CC1=CC=C(C=O)CC1.Cc1ccc(O)cc1. The molecule has 90 valence electrons. The fraction of sp³-hybridized carbons (Fsp3) is 0.267. The van der Waals surface area contributed by atoms with Crippen LogP contribution in [0.1, 0.15) is 25.3 Å². The molecule has 0 fully saturated rings. The lowest BCUT2D eigenvalue weighted by atomic mass is 10.0. The number of carbonyl (C=O) groups is 1. The molecule has 0 unspecified atom stereocenters. The molecule has 0 aliphatic heterocycles. The number of aromatic hydroxyl groups is 1.